The van der Waals surface area contributed by atoms with E-state index in [0.717, 1.165) is 30.6 Å². The summed E-state index contributed by atoms with van der Waals surface area (Å²) in [4.78, 5) is 33.2. The molecule has 0 N–H and O–H groups in total. The highest BCUT2D eigenvalue weighted by Gasteiger charge is 2.23. The molecule has 0 saturated heterocycles. The predicted octanol–water partition coefficient (Wildman–Crippen LogP) is 4.82. The molecule has 0 aliphatic carbocycles. The van der Waals surface area contributed by atoms with E-state index in [4.69, 9.17) is 4.98 Å². The molecule has 0 fully saturated rings. The minimum absolute atomic E-state index is 0.0384. The van der Waals surface area contributed by atoms with Crippen molar-refractivity contribution in [3.63, 3.8) is 0 Å². The molecule has 5 nitrogen and oxygen atoms in total. The molecule has 3 aromatic carbocycles. The Labute approximate surface area is 197 Å². The molecule has 5 rings (SSSR count). The lowest BCUT2D eigenvalue weighted by Crippen LogP contribution is -2.36. The van der Waals surface area contributed by atoms with Crippen LogP contribution in [-0.2, 0) is 17.8 Å². The fourth-order valence-electron chi connectivity index (χ4n) is 4.27. The number of anilines is 1. The quantitative estimate of drug-likeness (QED) is 0.320. The third kappa shape index (κ3) is 4.44. The first kappa shape index (κ1) is 21.5. The lowest BCUT2D eigenvalue weighted by Gasteiger charge is -2.29. The maximum atomic E-state index is 13.3. The van der Waals surface area contributed by atoms with Crippen molar-refractivity contribution in [3.05, 3.63) is 99.8 Å². The second-order valence-electron chi connectivity index (χ2n) is 8.35. The summed E-state index contributed by atoms with van der Waals surface area (Å²) in [6.07, 6.45) is 1.95. The van der Waals surface area contributed by atoms with Gasteiger partial charge in [0, 0.05) is 12.2 Å². The standard InChI is InChI=1S/C27H25N3O2S/c1-19-12-14-20(15-13-19)17-30-26(32)22-9-3-4-10-23(22)28-27(30)33-18-25(31)29-16-6-8-21-7-2-5-11-24(21)29/h2-5,7,9-15H,6,8,16-18H2,1H3. The van der Waals surface area contributed by atoms with Crippen molar-refractivity contribution in [2.75, 3.05) is 17.2 Å². The van der Waals surface area contributed by atoms with E-state index in [2.05, 4.69) is 6.07 Å². The van der Waals surface area contributed by atoms with Crippen molar-refractivity contribution in [2.24, 2.45) is 0 Å². The Balaban J connectivity index is 1.45. The Morgan fingerprint density at radius 3 is 2.61 bits per heavy atom. The molecule has 4 aromatic rings. The Morgan fingerprint density at radius 1 is 1.00 bits per heavy atom. The molecule has 0 spiro atoms. The molecule has 1 amide bonds. The highest BCUT2D eigenvalue weighted by molar-refractivity contribution is 7.99. The summed E-state index contributed by atoms with van der Waals surface area (Å²) in [5.41, 5.74) is 4.98. The number of rotatable bonds is 5. The van der Waals surface area contributed by atoms with Crippen LogP contribution in [0.25, 0.3) is 10.9 Å². The molecular weight excluding hydrogens is 430 g/mol. The van der Waals surface area contributed by atoms with E-state index in [1.807, 2.05) is 72.5 Å². The van der Waals surface area contributed by atoms with Crippen LogP contribution in [-0.4, -0.2) is 27.8 Å². The predicted molar refractivity (Wildman–Crippen MR) is 134 cm³/mol. The minimum Gasteiger partial charge on any atom is -0.311 e. The Morgan fingerprint density at radius 2 is 1.76 bits per heavy atom. The largest absolute Gasteiger partial charge is 0.311 e. The Kier molecular flexibility index (Phi) is 6.01. The summed E-state index contributed by atoms with van der Waals surface area (Å²) < 4.78 is 1.69. The number of thioether (sulfide) groups is 1. The number of benzene rings is 3. The number of aromatic nitrogens is 2. The van der Waals surface area contributed by atoms with Crippen molar-refractivity contribution >= 4 is 34.3 Å². The van der Waals surface area contributed by atoms with Gasteiger partial charge < -0.3 is 4.90 Å². The number of carbonyl (C=O) groups is 1. The van der Waals surface area contributed by atoms with Gasteiger partial charge in [-0.25, -0.2) is 4.98 Å². The summed E-state index contributed by atoms with van der Waals surface area (Å²) in [6.45, 7) is 3.18. The topological polar surface area (TPSA) is 55.2 Å². The van der Waals surface area contributed by atoms with Gasteiger partial charge in [-0.2, -0.15) is 0 Å². The van der Waals surface area contributed by atoms with Crippen molar-refractivity contribution < 1.29 is 4.79 Å². The molecule has 1 aliphatic rings. The van der Waals surface area contributed by atoms with Gasteiger partial charge in [0.25, 0.3) is 5.56 Å². The van der Waals surface area contributed by atoms with Crippen molar-refractivity contribution in [1.29, 1.82) is 0 Å². The number of amides is 1. The maximum absolute atomic E-state index is 13.3. The first-order valence-corrected chi connectivity index (χ1v) is 12.1. The maximum Gasteiger partial charge on any atom is 0.262 e. The average Bonchev–Trinajstić information content (AvgIpc) is 2.85. The number of hydrogen-bond acceptors (Lipinski definition) is 4. The van der Waals surface area contributed by atoms with Gasteiger partial charge in [0.15, 0.2) is 5.16 Å². The number of carbonyl (C=O) groups excluding carboxylic acids is 1. The van der Waals surface area contributed by atoms with Crippen molar-refractivity contribution in [3.8, 4) is 0 Å². The third-order valence-corrected chi connectivity index (χ3v) is 6.99. The molecule has 0 bridgehead atoms. The zero-order valence-corrected chi connectivity index (χ0v) is 19.3. The van der Waals surface area contributed by atoms with Crippen LogP contribution >= 0.6 is 11.8 Å². The van der Waals surface area contributed by atoms with Crippen LogP contribution in [0.15, 0.2) is 82.7 Å². The van der Waals surface area contributed by atoms with Crippen LogP contribution in [0.4, 0.5) is 5.69 Å². The van der Waals surface area contributed by atoms with E-state index >= 15 is 0 Å². The normalized spacial score (nSPS) is 13.2. The fraction of sp³-hybridized carbons (Fsp3) is 0.222. The van der Waals surface area contributed by atoms with E-state index in [9.17, 15) is 9.59 Å². The molecule has 0 radical (unpaired) electrons. The van der Waals surface area contributed by atoms with Crippen LogP contribution in [0.2, 0.25) is 0 Å². The number of fused-ring (bicyclic) bond motifs is 2. The summed E-state index contributed by atoms with van der Waals surface area (Å²) in [5, 5.41) is 1.16. The highest BCUT2D eigenvalue weighted by Crippen LogP contribution is 2.28. The second-order valence-corrected chi connectivity index (χ2v) is 9.30. The van der Waals surface area contributed by atoms with Gasteiger partial charge in [0.1, 0.15) is 0 Å². The zero-order valence-electron chi connectivity index (χ0n) is 18.5. The van der Waals surface area contributed by atoms with Gasteiger partial charge in [-0.3, -0.25) is 14.2 Å². The van der Waals surface area contributed by atoms with Gasteiger partial charge in [-0.15, -0.1) is 0 Å². The SMILES string of the molecule is Cc1ccc(Cn2c(SCC(=O)N3CCCc4ccccc43)nc3ccccc3c2=O)cc1. The Bertz CT molecular complexity index is 1380. The van der Waals surface area contributed by atoms with Crippen molar-refractivity contribution in [1.82, 2.24) is 9.55 Å². The monoisotopic (exact) mass is 455 g/mol. The van der Waals surface area contributed by atoms with Crippen LogP contribution in [0.5, 0.6) is 0 Å². The summed E-state index contributed by atoms with van der Waals surface area (Å²) >= 11 is 1.34. The van der Waals surface area contributed by atoms with Gasteiger partial charge in [0.2, 0.25) is 5.91 Å². The fourth-order valence-corrected chi connectivity index (χ4v) is 5.14. The third-order valence-electron chi connectivity index (χ3n) is 6.02. The van der Waals surface area contributed by atoms with Crippen LogP contribution in [0.1, 0.15) is 23.1 Å². The minimum atomic E-state index is -0.0838. The summed E-state index contributed by atoms with van der Waals surface area (Å²) in [7, 11) is 0. The summed E-state index contributed by atoms with van der Waals surface area (Å²) in [5.74, 6) is 0.268. The Hall–Kier alpha value is -3.38. The van der Waals surface area contributed by atoms with E-state index in [1.165, 1.54) is 22.9 Å². The smallest absolute Gasteiger partial charge is 0.262 e. The average molecular weight is 456 g/mol. The van der Waals surface area contributed by atoms with E-state index < -0.39 is 0 Å². The van der Waals surface area contributed by atoms with E-state index in [-0.39, 0.29) is 17.2 Å². The lowest BCUT2D eigenvalue weighted by atomic mass is 10.0. The van der Waals surface area contributed by atoms with Crippen LogP contribution in [0.3, 0.4) is 0 Å². The molecule has 0 atom stereocenters. The lowest BCUT2D eigenvalue weighted by molar-refractivity contribution is -0.116. The number of hydrogen-bond donors (Lipinski definition) is 0. The van der Waals surface area contributed by atoms with Crippen molar-refractivity contribution in [2.45, 2.75) is 31.5 Å². The first-order valence-electron chi connectivity index (χ1n) is 11.2. The van der Waals surface area contributed by atoms with Gasteiger partial charge >= 0.3 is 0 Å². The second kappa shape index (κ2) is 9.24. The summed E-state index contributed by atoms with van der Waals surface area (Å²) in [6, 6.07) is 23.6. The number of aryl methyl sites for hydroxylation is 2. The molecular formula is C27H25N3O2S. The zero-order chi connectivity index (χ0) is 22.8. The molecule has 6 heteroatoms. The molecule has 1 aliphatic heterocycles. The van der Waals surface area contributed by atoms with Crippen LogP contribution in [0, 0.1) is 6.92 Å². The van der Waals surface area contributed by atoms with Gasteiger partial charge in [0.05, 0.1) is 23.2 Å². The van der Waals surface area contributed by atoms with E-state index in [1.54, 1.807) is 10.6 Å². The van der Waals surface area contributed by atoms with Gasteiger partial charge in [-0.1, -0.05) is 71.9 Å². The number of nitrogens with zero attached hydrogens (tertiary/aromatic N) is 3. The number of para-hydroxylation sites is 2. The molecule has 166 valence electrons. The molecule has 1 aromatic heterocycles. The molecule has 2 heterocycles. The molecule has 0 saturated carbocycles. The molecule has 33 heavy (non-hydrogen) atoms. The highest BCUT2D eigenvalue weighted by atomic mass is 32.2. The van der Waals surface area contributed by atoms with E-state index in [0.29, 0.717) is 22.6 Å². The van der Waals surface area contributed by atoms with Gasteiger partial charge in [-0.05, 0) is 49.1 Å². The first-order chi connectivity index (χ1) is 16.1. The molecule has 0 unspecified atom stereocenters. The van der Waals surface area contributed by atoms with Crippen LogP contribution < -0.4 is 10.5 Å².